The first kappa shape index (κ1) is 12.1. The van der Waals surface area contributed by atoms with Crippen LogP contribution in [0.1, 0.15) is 11.1 Å². The first-order chi connectivity index (χ1) is 7.66. The summed E-state index contributed by atoms with van der Waals surface area (Å²) in [7, 11) is 0. The molecule has 2 aromatic rings. The summed E-state index contributed by atoms with van der Waals surface area (Å²) in [5.41, 5.74) is 2.28. The lowest BCUT2D eigenvalue weighted by Crippen LogP contribution is -1.96. The summed E-state index contributed by atoms with van der Waals surface area (Å²) >= 11 is 4.23. The van der Waals surface area contributed by atoms with Crippen LogP contribution in [-0.4, -0.2) is 10.1 Å². The second kappa shape index (κ2) is 5.31. The summed E-state index contributed by atoms with van der Waals surface area (Å²) in [5.74, 6) is 0.256. The molecule has 0 bridgehead atoms. The molecule has 0 saturated carbocycles. The lowest BCUT2D eigenvalue weighted by Gasteiger charge is -2.06. The highest BCUT2D eigenvalue weighted by Crippen LogP contribution is 2.23. The minimum atomic E-state index is 0.256. The maximum Gasteiger partial charge on any atom is 0.147 e. The van der Waals surface area contributed by atoms with Crippen LogP contribution < -0.4 is 0 Å². The third-order valence-corrected chi connectivity index (χ3v) is 3.95. The molecule has 0 radical (unpaired) electrons. The number of hydrogen-bond acceptors (Lipinski definition) is 2. The van der Waals surface area contributed by atoms with E-state index in [9.17, 15) is 5.11 Å². The number of hydrogen-bond donors (Lipinski definition) is 1. The van der Waals surface area contributed by atoms with Gasteiger partial charge in [0.25, 0.3) is 0 Å². The van der Waals surface area contributed by atoms with E-state index < -0.39 is 0 Å². The Labute approximate surface area is 121 Å². The molecule has 0 aliphatic carbocycles. The van der Waals surface area contributed by atoms with Gasteiger partial charge >= 0.3 is 0 Å². The molecule has 2 nitrogen and oxygen atoms in total. The Kier molecular flexibility index (Phi) is 4.01. The van der Waals surface area contributed by atoms with Crippen LogP contribution in [0.5, 0.6) is 5.75 Å². The SMILES string of the molecule is Oc1cc(Cc2ccccc2)c(I)nc1I. The topological polar surface area (TPSA) is 33.1 Å². The zero-order chi connectivity index (χ0) is 11.5. The Morgan fingerprint density at radius 2 is 1.75 bits per heavy atom. The van der Waals surface area contributed by atoms with Gasteiger partial charge in [0.1, 0.15) is 13.2 Å². The number of nitrogens with zero attached hydrogens (tertiary/aromatic N) is 1. The van der Waals surface area contributed by atoms with Gasteiger partial charge in [0, 0.05) is 6.42 Å². The molecule has 1 heterocycles. The van der Waals surface area contributed by atoms with Crippen molar-refractivity contribution in [2.24, 2.45) is 0 Å². The van der Waals surface area contributed by atoms with Crippen LogP contribution in [0, 0.1) is 7.40 Å². The fourth-order valence-corrected chi connectivity index (χ4v) is 2.89. The monoisotopic (exact) mass is 437 g/mol. The molecule has 1 aromatic carbocycles. The van der Waals surface area contributed by atoms with E-state index in [2.05, 4.69) is 39.7 Å². The molecule has 82 valence electrons. The fourth-order valence-electron chi connectivity index (χ4n) is 1.44. The lowest BCUT2D eigenvalue weighted by molar-refractivity contribution is 0.467. The van der Waals surface area contributed by atoms with Gasteiger partial charge in [-0.1, -0.05) is 30.3 Å². The first-order valence-corrected chi connectivity index (χ1v) is 6.90. The number of pyridine rings is 1. The molecule has 16 heavy (non-hydrogen) atoms. The van der Waals surface area contributed by atoms with Crippen molar-refractivity contribution < 1.29 is 5.11 Å². The van der Waals surface area contributed by atoms with Gasteiger partial charge in [-0.25, -0.2) is 4.98 Å². The minimum Gasteiger partial charge on any atom is -0.505 e. The van der Waals surface area contributed by atoms with Crippen molar-refractivity contribution in [3.63, 3.8) is 0 Å². The Morgan fingerprint density at radius 3 is 2.44 bits per heavy atom. The van der Waals surface area contributed by atoms with Gasteiger partial charge in [0.05, 0.1) is 0 Å². The molecule has 1 N–H and O–H groups in total. The van der Waals surface area contributed by atoms with Crippen molar-refractivity contribution in [2.75, 3.05) is 0 Å². The third-order valence-electron chi connectivity index (χ3n) is 2.22. The molecule has 0 amide bonds. The average Bonchev–Trinajstić information content (AvgIpc) is 2.27. The largest absolute Gasteiger partial charge is 0.505 e. The molecule has 0 spiro atoms. The Hall–Kier alpha value is -0.370. The molecule has 0 unspecified atom stereocenters. The third kappa shape index (κ3) is 2.85. The lowest BCUT2D eigenvalue weighted by atomic mass is 10.1. The zero-order valence-electron chi connectivity index (χ0n) is 8.32. The van der Waals surface area contributed by atoms with Crippen LogP contribution in [0.2, 0.25) is 0 Å². The van der Waals surface area contributed by atoms with Crippen molar-refractivity contribution in [1.82, 2.24) is 4.98 Å². The highest BCUT2D eigenvalue weighted by atomic mass is 127. The summed E-state index contributed by atoms with van der Waals surface area (Å²) in [5, 5.41) is 9.63. The predicted molar refractivity (Wildman–Crippen MR) is 80.6 cm³/mol. The smallest absolute Gasteiger partial charge is 0.147 e. The van der Waals surface area contributed by atoms with Gasteiger partial charge in [0.2, 0.25) is 0 Å². The second-order valence-corrected chi connectivity index (χ2v) is 5.45. The highest BCUT2D eigenvalue weighted by molar-refractivity contribution is 14.1. The van der Waals surface area contributed by atoms with Crippen LogP contribution in [0.4, 0.5) is 0 Å². The van der Waals surface area contributed by atoms with Crippen LogP contribution in [0.15, 0.2) is 36.4 Å². The summed E-state index contributed by atoms with van der Waals surface area (Å²) in [4.78, 5) is 4.29. The summed E-state index contributed by atoms with van der Waals surface area (Å²) < 4.78 is 1.60. The Bertz CT molecular complexity index is 500. The Balaban J connectivity index is 2.32. The highest BCUT2D eigenvalue weighted by Gasteiger charge is 2.07. The molecule has 2 rings (SSSR count). The molecule has 0 aliphatic heterocycles. The molecular weight excluding hydrogens is 428 g/mol. The van der Waals surface area contributed by atoms with E-state index in [0.717, 1.165) is 15.7 Å². The van der Waals surface area contributed by atoms with Crippen molar-refractivity contribution in [1.29, 1.82) is 0 Å². The number of aromatic nitrogens is 1. The van der Waals surface area contributed by atoms with E-state index in [0.29, 0.717) is 3.70 Å². The Morgan fingerprint density at radius 1 is 1.06 bits per heavy atom. The van der Waals surface area contributed by atoms with Crippen molar-refractivity contribution in [3.05, 3.63) is 54.9 Å². The number of halogens is 2. The summed E-state index contributed by atoms with van der Waals surface area (Å²) in [6.45, 7) is 0. The van der Waals surface area contributed by atoms with E-state index in [4.69, 9.17) is 0 Å². The van der Waals surface area contributed by atoms with Crippen molar-refractivity contribution in [3.8, 4) is 5.75 Å². The van der Waals surface area contributed by atoms with Crippen LogP contribution >= 0.6 is 45.2 Å². The fraction of sp³-hybridized carbons (Fsp3) is 0.0833. The second-order valence-electron chi connectivity index (χ2n) is 3.41. The molecule has 1 aromatic heterocycles. The quantitative estimate of drug-likeness (QED) is 0.576. The molecular formula is C12H9I2NO. The van der Waals surface area contributed by atoms with E-state index >= 15 is 0 Å². The molecule has 0 atom stereocenters. The number of rotatable bonds is 2. The predicted octanol–water partition coefficient (Wildman–Crippen LogP) is 3.59. The van der Waals surface area contributed by atoms with Gasteiger partial charge < -0.3 is 5.11 Å². The van der Waals surface area contributed by atoms with E-state index in [1.165, 1.54) is 5.56 Å². The van der Waals surface area contributed by atoms with Gasteiger partial charge in [-0.2, -0.15) is 0 Å². The van der Waals surface area contributed by atoms with Gasteiger partial charge in [0.15, 0.2) is 0 Å². The van der Waals surface area contributed by atoms with Crippen LogP contribution in [-0.2, 0) is 6.42 Å². The number of aromatic hydroxyl groups is 1. The normalized spacial score (nSPS) is 10.4. The maximum absolute atomic E-state index is 9.63. The summed E-state index contributed by atoms with van der Waals surface area (Å²) in [6, 6.07) is 12.0. The van der Waals surface area contributed by atoms with Gasteiger partial charge in [-0.05, 0) is 62.4 Å². The number of benzene rings is 1. The van der Waals surface area contributed by atoms with E-state index in [-0.39, 0.29) is 5.75 Å². The van der Waals surface area contributed by atoms with Crippen LogP contribution in [0.3, 0.4) is 0 Å². The maximum atomic E-state index is 9.63. The zero-order valence-corrected chi connectivity index (χ0v) is 12.6. The molecule has 4 heteroatoms. The van der Waals surface area contributed by atoms with Crippen LogP contribution in [0.25, 0.3) is 0 Å². The van der Waals surface area contributed by atoms with Gasteiger partial charge in [-0.15, -0.1) is 0 Å². The minimum absolute atomic E-state index is 0.256. The molecule has 0 saturated heterocycles. The standard InChI is InChI=1S/C12H9I2NO/c13-11-9(7-10(16)12(14)15-11)6-8-4-2-1-3-5-8/h1-5,7,16H,6H2. The van der Waals surface area contributed by atoms with E-state index in [1.807, 2.05) is 40.8 Å². The average molecular weight is 437 g/mol. The van der Waals surface area contributed by atoms with Gasteiger partial charge in [-0.3, -0.25) is 0 Å². The summed E-state index contributed by atoms with van der Waals surface area (Å²) in [6.07, 6.45) is 0.802. The van der Waals surface area contributed by atoms with E-state index in [1.54, 1.807) is 6.07 Å². The van der Waals surface area contributed by atoms with Crippen molar-refractivity contribution in [2.45, 2.75) is 6.42 Å². The molecule has 0 fully saturated rings. The molecule has 0 aliphatic rings. The first-order valence-electron chi connectivity index (χ1n) is 4.74. The van der Waals surface area contributed by atoms with Crippen molar-refractivity contribution >= 4 is 45.2 Å².